The fourth-order valence-corrected chi connectivity index (χ4v) is 1.51. The minimum absolute atomic E-state index is 0.0155. The average molecular weight is 245 g/mol. The largest absolute Gasteiger partial charge is 0.326 e. The first kappa shape index (κ1) is 10.5. The van der Waals surface area contributed by atoms with Crippen LogP contribution in [-0.4, -0.2) is 10.6 Å². The van der Waals surface area contributed by atoms with E-state index in [1.165, 1.54) is 6.07 Å². The molecule has 0 aromatic carbocycles. The predicted molar refractivity (Wildman–Crippen MR) is 56.7 cm³/mol. The van der Waals surface area contributed by atoms with Gasteiger partial charge in [-0.3, -0.25) is 4.79 Å². The molecular formula is C9H13BrN2O. The van der Waals surface area contributed by atoms with Gasteiger partial charge in [0.15, 0.2) is 0 Å². The molecular weight excluding hydrogens is 232 g/mol. The molecule has 13 heavy (non-hydrogen) atoms. The van der Waals surface area contributed by atoms with Crippen LogP contribution in [0.25, 0.3) is 0 Å². The van der Waals surface area contributed by atoms with Crippen LogP contribution in [0.1, 0.15) is 13.3 Å². The van der Waals surface area contributed by atoms with Crippen molar-refractivity contribution in [3.05, 3.63) is 33.2 Å². The van der Waals surface area contributed by atoms with Gasteiger partial charge in [0, 0.05) is 18.7 Å². The third kappa shape index (κ3) is 2.67. The van der Waals surface area contributed by atoms with Gasteiger partial charge in [0.25, 0.3) is 5.56 Å². The fraction of sp³-hybridized carbons (Fsp3) is 0.444. The van der Waals surface area contributed by atoms with Crippen molar-refractivity contribution in [2.45, 2.75) is 25.9 Å². The van der Waals surface area contributed by atoms with Gasteiger partial charge in [-0.15, -0.1) is 0 Å². The summed E-state index contributed by atoms with van der Waals surface area (Å²) in [6.07, 6.45) is 0.869. The van der Waals surface area contributed by atoms with Crippen LogP contribution in [-0.2, 0) is 6.54 Å². The highest BCUT2D eigenvalue weighted by Crippen LogP contribution is 2.06. The molecule has 1 unspecified atom stereocenters. The summed E-state index contributed by atoms with van der Waals surface area (Å²) in [4.78, 5) is 11.4. The Morgan fingerprint density at radius 3 is 2.85 bits per heavy atom. The van der Waals surface area contributed by atoms with Gasteiger partial charge in [0.05, 0.1) is 4.60 Å². The van der Waals surface area contributed by atoms with Crippen LogP contribution in [0.15, 0.2) is 27.6 Å². The topological polar surface area (TPSA) is 48.0 Å². The molecule has 2 N–H and O–H groups in total. The molecule has 0 saturated carbocycles. The summed E-state index contributed by atoms with van der Waals surface area (Å²) in [7, 11) is 0. The summed E-state index contributed by atoms with van der Waals surface area (Å²) >= 11 is 3.31. The molecule has 3 nitrogen and oxygen atoms in total. The molecule has 0 amide bonds. The molecule has 0 aliphatic heterocycles. The molecule has 0 radical (unpaired) electrons. The average Bonchev–Trinajstić information content (AvgIpc) is 2.11. The Labute approximate surface area is 85.7 Å². The van der Waals surface area contributed by atoms with Gasteiger partial charge in [-0.2, -0.15) is 0 Å². The Hall–Kier alpha value is -0.610. The van der Waals surface area contributed by atoms with Crippen LogP contribution in [0.2, 0.25) is 0 Å². The van der Waals surface area contributed by atoms with E-state index in [-0.39, 0.29) is 11.6 Å². The quantitative estimate of drug-likeness (QED) is 0.817. The van der Waals surface area contributed by atoms with Crippen LogP contribution in [0.3, 0.4) is 0 Å². The van der Waals surface area contributed by atoms with Gasteiger partial charge in [0.1, 0.15) is 0 Å². The van der Waals surface area contributed by atoms with Crippen molar-refractivity contribution in [3.8, 4) is 0 Å². The molecule has 1 rings (SSSR count). The highest BCUT2D eigenvalue weighted by atomic mass is 79.9. The number of nitrogens with two attached hydrogens (primary N) is 1. The van der Waals surface area contributed by atoms with E-state index in [9.17, 15) is 4.79 Å². The Kier molecular flexibility index (Phi) is 3.69. The maximum atomic E-state index is 11.4. The number of hydrogen-bond acceptors (Lipinski definition) is 2. The standard InChI is InChI=1S/C9H13BrN2O/c1-2-7(11)6-12-8(10)4-3-5-9(12)13/h3-5,7H,2,6,11H2,1H3. The lowest BCUT2D eigenvalue weighted by Gasteiger charge is -2.12. The summed E-state index contributed by atoms with van der Waals surface area (Å²) in [5.41, 5.74) is 5.75. The van der Waals surface area contributed by atoms with Crippen molar-refractivity contribution in [1.82, 2.24) is 4.57 Å². The summed E-state index contributed by atoms with van der Waals surface area (Å²) in [6.45, 7) is 2.57. The molecule has 1 aromatic rings. The predicted octanol–water partition coefficient (Wildman–Crippen LogP) is 1.35. The first-order chi connectivity index (χ1) is 6.15. The highest BCUT2D eigenvalue weighted by molar-refractivity contribution is 9.10. The summed E-state index contributed by atoms with van der Waals surface area (Å²) in [5, 5.41) is 0. The number of rotatable bonds is 3. The zero-order chi connectivity index (χ0) is 9.84. The van der Waals surface area contributed by atoms with E-state index in [4.69, 9.17) is 5.73 Å². The van der Waals surface area contributed by atoms with E-state index in [0.717, 1.165) is 11.0 Å². The smallest absolute Gasteiger partial charge is 0.251 e. The molecule has 4 heteroatoms. The molecule has 0 spiro atoms. The SMILES string of the molecule is CCC(N)Cn1c(Br)cccc1=O. The monoisotopic (exact) mass is 244 g/mol. The molecule has 0 fully saturated rings. The van der Waals surface area contributed by atoms with Crippen LogP contribution in [0.4, 0.5) is 0 Å². The summed E-state index contributed by atoms with van der Waals surface area (Å²) in [5.74, 6) is 0. The first-order valence-electron chi connectivity index (χ1n) is 4.26. The number of hydrogen-bond donors (Lipinski definition) is 1. The van der Waals surface area contributed by atoms with Crippen molar-refractivity contribution >= 4 is 15.9 Å². The Balaban J connectivity index is 2.93. The highest BCUT2D eigenvalue weighted by Gasteiger charge is 2.04. The van der Waals surface area contributed by atoms with Crippen molar-refractivity contribution in [2.24, 2.45) is 5.73 Å². The number of halogens is 1. The molecule has 0 aliphatic carbocycles. The van der Waals surface area contributed by atoms with Gasteiger partial charge >= 0.3 is 0 Å². The zero-order valence-corrected chi connectivity index (χ0v) is 9.12. The van der Waals surface area contributed by atoms with Crippen molar-refractivity contribution in [1.29, 1.82) is 0 Å². The maximum absolute atomic E-state index is 11.4. The van der Waals surface area contributed by atoms with Crippen LogP contribution in [0.5, 0.6) is 0 Å². The summed E-state index contributed by atoms with van der Waals surface area (Å²) in [6, 6.07) is 5.13. The Morgan fingerprint density at radius 2 is 2.31 bits per heavy atom. The number of aromatic nitrogens is 1. The van der Waals surface area contributed by atoms with Crippen molar-refractivity contribution < 1.29 is 0 Å². The third-order valence-electron chi connectivity index (χ3n) is 1.94. The van der Waals surface area contributed by atoms with Gasteiger partial charge in [-0.1, -0.05) is 13.0 Å². The van der Waals surface area contributed by atoms with Crippen molar-refractivity contribution in [2.75, 3.05) is 0 Å². The second-order valence-electron chi connectivity index (χ2n) is 2.97. The lowest BCUT2D eigenvalue weighted by molar-refractivity contribution is 0.520. The van der Waals surface area contributed by atoms with E-state index < -0.39 is 0 Å². The van der Waals surface area contributed by atoms with Crippen LogP contribution < -0.4 is 11.3 Å². The van der Waals surface area contributed by atoms with E-state index in [1.54, 1.807) is 10.6 Å². The molecule has 72 valence electrons. The summed E-state index contributed by atoms with van der Waals surface area (Å²) < 4.78 is 2.41. The van der Waals surface area contributed by atoms with Gasteiger partial charge < -0.3 is 10.3 Å². The van der Waals surface area contributed by atoms with Gasteiger partial charge in [0.2, 0.25) is 0 Å². The fourth-order valence-electron chi connectivity index (χ4n) is 1.04. The number of nitrogens with zero attached hydrogens (tertiary/aromatic N) is 1. The Bertz CT molecular complexity index is 335. The first-order valence-corrected chi connectivity index (χ1v) is 5.05. The van der Waals surface area contributed by atoms with E-state index >= 15 is 0 Å². The second-order valence-corrected chi connectivity index (χ2v) is 3.78. The Morgan fingerprint density at radius 1 is 1.62 bits per heavy atom. The molecule has 0 bridgehead atoms. The lowest BCUT2D eigenvalue weighted by Crippen LogP contribution is -2.31. The molecule has 1 aromatic heterocycles. The normalized spacial score (nSPS) is 12.8. The minimum Gasteiger partial charge on any atom is -0.326 e. The van der Waals surface area contributed by atoms with E-state index in [1.807, 2.05) is 13.0 Å². The van der Waals surface area contributed by atoms with Gasteiger partial charge in [-0.05, 0) is 28.4 Å². The number of pyridine rings is 1. The minimum atomic E-state index is -0.0155. The molecule has 1 heterocycles. The second kappa shape index (κ2) is 4.58. The van der Waals surface area contributed by atoms with Crippen LogP contribution in [0, 0.1) is 0 Å². The molecule has 0 aliphatic rings. The van der Waals surface area contributed by atoms with Crippen molar-refractivity contribution in [3.63, 3.8) is 0 Å². The van der Waals surface area contributed by atoms with Gasteiger partial charge in [-0.25, -0.2) is 0 Å². The lowest BCUT2D eigenvalue weighted by atomic mass is 10.2. The maximum Gasteiger partial charge on any atom is 0.251 e. The zero-order valence-electron chi connectivity index (χ0n) is 7.53. The van der Waals surface area contributed by atoms with E-state index in [2.05, 4.69) is 15.9 Å². The molecule has 0 saturated heterocycles. The molecule has 1 atom stereocenters. The van der Waals surface area contributed by atoms with Crippen LogP contribution >= 0.6 is 15.9 Å². The van der Waals surface area contributed by atoms with E-state index in [0.29, 0.717) is 6.54 Å². The third-order valence-corrected chi connectivity index (χ3v) is 2.63.